The van der Waals surface area contributed by atoms with Crippen molar-refractivity contribution in [1.82, 2.24) is 14.5 Å². The summed E-state index contributed by atoms with van der Waals surface area (Å²) < 4.78 is 12.9. The van der Waals surface area contributed by atoms with Crippen LogP contribution in [0.3, 0.4) is 0 Å². The number of ether oxygens (including phenoxy) is 2. The van der Waals surface area contributed by atoms with Crippen LogP contribution in [0.15, 0.2) is 72.8 Å². The maximum absolute atomic E-state index is 13.2. The normalized spacial score (nSPS) is 17.1. The molecule has 0 saturated carbocycles. The fraction of sp³-hybridized carbons (Fsp3) is 0.296. The molecule has 1 N–H and O–H groups in total. The van der Waals surface area contributed by atoms with E-state index in [2.05, 4.69) is 4.98 Å². The number of aromatic nitrogens is 2. The van der Waals surface area contributed by atoms with Crippen LogP contribution in [0.25, 0.3) is 5.76 Å². The molecule has 1 aromatic heterocycles. The van der Waals surface area contributed by atoms with Gasteiger partial charge >= 0.3 is 0 Å². The van der Waals surface area contributed by atoms with Gasteiger partial charge in [0.05, 0.1) is 31.7 Å². The van der Waals surface area contributed by atoms with E-state index in [4.69, 9.17) is 9.47 Å². The van der Waals surface area contributed by atoms with Crippen LogP contribution in [-0.2, 0) is 16.1 Å². The highest BCUT2D eigenvalue weighted by atomic mass is 16.5. The molecule has 2 heterocycles. The molecular formula is C27H29N3O5. The number of aliphatic hydroxyl groups excluding tert-OH is 1. The standard InChI is InChI=1S/C27H29N3O5/c1-3-16-35-22-7-4-6-20(17-22)24-23(25(31)19-8-10-21(34-2)11-9-19)26(32)27(33)30(24)14-5-13-29-15-12-28-18-29/h4,6-12,15,17-18,24,31H,3,5,13-14,16H2,1-2H3/b25-23+/t24-/m1/s1. The average molecular weight is 476 g/mol. The number of carbonyl (C=O) groups is 2. The highest BCUT2D eigenvalue weighted by Gasteiger charge is 2.45. The molecule has 182 valence electrons. The first-order valence-electron chi connectivity index (χ1n) is 11.6. The molecule has 1 atom stereocenters. The number of hydrogen-bond acceptors (Lipinski definition) is 6. The van der Waals surface area contributed by atoms with Gasteiger partial charge < -0.3 is 24.0 Å². The van der Waals surface area contributed by atoms with Gasteiger partial charge in [-0.1, -0.05) is 19.1 Å². The molecule has 1 fully saturated rings. The maximum Gasteiger partial charge on any atom is 0.295 e. The van der Waals surface area contributed by atoms with E-state index in [0.29, 0.717) is 48.7 Å². The highest BCUT2D eigenvalue weighted by Crippen LogP contribution is 2.40. The molecule has 1 saturated heterocycles. The number of rotatable bonds is 10. The predicted octanol–water partition coefficient (Wildman–Crippen LogP) is 4.19. The molecule has 0 spiro atoms. The third kappa shape index (κ3) is 5.21. The summed E-state index contributed by atoms with van der Waals surface area (Å²) in [5, 5.41) is 11.2. The molecule has 0 aliphatic carbocycles. The number of hydrogen-bond donors (Lipinski definition) is 1. The van der Waals surface area contributed by atoms with Crippen molar-refractivity contribution < 1.29 is 24.2 Å². The Morgan fingerprint density at radius 3 is 2.57 bits per heavy atom. The first kappa shape index (κ1) is 24.1. The molecule has 3 aromatic rings. The van der Waals surface area contributed by atoms with Crippen molar-refractivity contribution in [2.45, 2.75) is 32.4 Å². The molecule has 2 aromatic carbocycles. The Bertz CT molecular complexity index is 1200. The van der Waals surface area contributed by atoms with Crippen LogP contribution in [-0.4, -0.2) is 51.5 Å². The third-order valence-electron chi connectivity index (χ3n) is 5.92. The molecule has 1 aliphatic heterocycles. The SMILES string of the molecule is CCCOc1cccc([C@@H]2/C(=C(\O)c3ccc(OC)cc3)C(=O)C(=O)N2CCCn2ccnc2)c1. The fourth-order valence-corrected chi connectivity index (χ4v) is 4.20. The molecule has 35 heavy (non-hydrogen) atoms. The van der Waals surface area contributed by atoms with E-state index in [9.17, 15) is 14.7 Å². The Hall–Kier alpha value is -4.07. The van der Waals surface area contributed by atoms with Crippen LogP contribution < -0.4 is 9.47 Å². The number of imidazole rings is 1. The number of ketones is 1. The van der Waals surface area contributed by atoms with Gasteiger partial charge in [-0.15, -0.1) is 0 Å². The topological polar surface area (TPSA) is 93.9 Å². The fourth-order valence-electron chi connectivity index (χ4n) is 4.20. The summed E-state index contributed by atoms with van der Waals surface area (Å²) in [6.45, 7) is 3.56. The van der Waals surface area contributed by atoms with Crippen molar-refractivity contribution in [1.29, 1.82) is 0 Å². The first-order valence-corrected chi connectivity index (χ1v) is 11.6. The van der Waals surface area contributed by atoms with Crippen molar-refractivity contribution in [3.05, 3.63) is 84.0 Å². The van der Waals surface area contributed by atoms with Gasteiger partial charge in [0.1, 0.15) is 17.3 Å². The molecule has 8 heteroatoms. The zero-order chi connectivity index (χ0) is 24.8. The van der Waals surface area contributed by atoms with Gasteiger partial charge in [0.15, 0.2) is 0 Å². The number of likely N-dealkylation sites (tertiary alicyclic amines) is 1. The van der Waals surface area contributed by atoms with E-state index in [1.807, 2.05) is 42.0 Å². The first-order chi connectivity index (χ1) is 17.0. The number of aryl methyl sites for hydroxylation is 1. The van der Waals surface area contributed by atoms with E-state index >= 15 is 0 Å². The largest absolute Gasteiger partial charge is 0.507 e. The average Bonchev–Trinajstić information content (AvgIpc) is 3.49. The number of Topliss-reactive ketones (excluding diaryl/α,β-unsaturated/α-hetero) is 1. The molecule has 0 bridgehead atoms. The van der Waals surface area contributed by atoms with Crippen molar-refractivity contribution in [2.75, 3.05) is 20.3 Å². The second-order valence-corrected chi connectivity index (χ2v) is 8.30. The summed E-state index contributed by atoms with van der Waals surface area (Å²) >= 11 is 0. The number of benzene rings is 2. The number of aliphatic hydroxyl groups is 1. The van der Waals surface area contributed by atoms with Gasteiger partial charge in [0, 0.05) is 31.0 Å². The molecule has 8 nitrogen and oxygen atoms in total. The van der Waals surface area contributed by atoms with Crippen LogP contribution in [0.4, 0.5) is 0 Å². The Labute approximate surface area is 204 Å². The van der Waals surface area contributed by atoms with Gasteiger partial charge in [-0.25, -0.2) is 4.98 Å². The minimum absolute atomic E-state index is 0.0652. The van der Waals surface area contributed by atoms with E-state index in [-0.39, 0.29) is 11.3 Å². The van der Waals surface area contributed by atoms with Crippen molar-refractivity contribution in [3.63, 3.8) is 0 Å². The lowest BCUT2D eigenvalue weighted by molar-refractivity contribution is -0.139. The van der Waals surface area contributed by atoms with Crippen molar-refractivity contribution in [3.8, 4) is 11.5 Å². The van der Waals surface area contributed by atoms with Gasteiger partial charge in [-0.05, 0) is 54.8 Å². The van der Waals surface area contributed by atoms with E-state index < -0.39 is 17.7 Å². The van der Waals surface area contributed by atoms with Crippen molar-refractivity contribution in [2.24, 2.45) is 0 Å². The smallest absolute Gasteiger partial charge is 0.295 e. The maximum atomic E-state index is 13.2. The van der Waals surface area contributed by atoms with Gasteiger partial charge in [-0.2, -0.15) is 0 Å². The lowest BCUT2D eigenvalue weighted by Gasteiger charge is -2.26. The van der Waals surface area contributed by atoms with Crippen LogP contribution in [0.2, 0.25) is 0 Å². The molecular weight excluding hydrogens is 446 g/mol. The Balaban J connectivity index is 1.72. The predicted molar refractivity (Wildman–Crippen MR) is 131 cm³/mol. The lowest BCUT2D eigenvalue weighted by Crippen LogP contribution is -2.31. The zero-order valence-corrected chi connectivity index (χ0v) is 19.9. The Kier molecular flexibility index (Phi) is 7.50. The van der Waals surface area contributed by atoms with Crippen molar-refractivity contribution >= 4 is 17.4 Å². The van der Waals surface area contributed by atoms with E-state index in [1.54, 1.807) is 43.9 Å². The van der Waals surface area contributed by atoms with Crippen LogP contribution >= 0.6 is 0 Å². The Morgan fingerprint density at radius 2 is 1.89 bits per heavy atom. The third-order valence-corrected chi connectivity index (χ3v) is 5.92. The molecule has 4 rings (SSSR count). The molecule has 0 radical (unpaired) electrons. The van der Waals surface area contributed by atoms with Gasteiger partial charge in [0.2, 0.25) is 0 Å². The highest BCUT2D eigenvalue weighted by molar-refractivity contribution is 6.46. The van der Waals surface area contributed by atoms with Crippen LogP contribution in [0, 0.1) is 0 Å². The molecule has 1 amide bonds. The summed E-state index contributed by atoms with van der Waals surface area (Å²) in [6.07, 6.45) is 6.74. The van der Waals surface area contributed by atoms with E-state index in [0.717, 1.165) is 6.42 Å². The quantitative estimate of drug-likeness (QED) is 0.268. The number of methoxy groups -OCH3 is 1. The summed E-state index contributed by atoms with van der Waals surface area (Å²) in [4.78, 5) is 31.9. The summed E-state index contributed by atoms with van der Waals surface area (Å²) in [7, 11) is 1.55. The number of nitrogens with zero attached hydrogens (tertiary/aromatic N) is 3. The van der Waals surface area contributed by atoms with Gasteiger partial charge in [-0.3, -0.25) is 9.59 Å². The summed E-state index contributed by atoms with van der Waals surface area (Å²) in [5.74, 6) is -0.272. The molecule has 0 unspecified atom stereocenters. The summed E-state index contributed by atoms with van der Waals surface area (Å²) in [6, 6.07) is 13.3. The van der Waals surface area contributed by atoms with Crippen LogP contribution in [0.5, 0.6) is 11.5 Å². The number of carbonyl (C=O) groups excluding carboxylic acids is 2. The van der Waals surface area contributed by atoms with E-state index in [1.165, 1.54) is 4.90 Å². The zero-order valence-electron chi connectivity index (χ0n) is 19.9. The Morgan fingerprint density at radius 1 is 1.09 bits per heavy atom. The monoisotopic (exact) mass is 475 g/mol. The summed E-state index contributed by atoms with van der Waals surface area (Å²) in [5.41, 5.74) is 1.21. The minimum Gasteiger partial charge on any atom is -0.507 e. The minimum atomic E-state index is -0.731. The second-order valence-electron chi connectivity index (χ2n) is 8.30. The second kappa shape index (κ2) is 10.9. The lowest BCUT2D eigenvalue weighted by atomic mass is 9.95. The van der Waals surface area contributed by atoms with Crippen LogP contribution in [0.1, 0.15) is 36.9 Å². The van der Waals surface area contributed by atoms with Gasteiger partial charge in [0.25, 0.3) is 11.7 Å². The number of amides is 1. The molecule has 1 aliphatic rings.